The van der Waals surface area contributed by atoms with E-state index >= 15 is 0 Å². The lowest BCUT2D eigenvalue weighted by Gasteiger charge is -2.46. The molecule has 4 aliphatic rings. The Morgan fingerprint density at radius 3 is 2.45 bits per heavy atom. The molecular formula is C24H32O7. The van der Waals surface area contributed by atoms with Crippen LogP contribution < -0.4 is 0 Å². The molecule has 7 heteroatoms. The second-order valence-electron chi connectivity index (χ2n) is 10.5. The van der Waals surface area contributed by atoms with Crippen LogP contribution in [0.4, 0.5) is 0 Å². The van der Waals surface area contributed by atoms with Gasteiger partial charge in [0.1, 0.15) is 17.0 Å². The molecule has 2 saturated carbocycles. The van der Waals surface area contributed by atoms with Gasteiger partial charge in [-0.25, -0.2) is 0 Å². The van der Waals surface area contributed by atoms with Crippen molar-refractivity contribution in [3.63, 3.8) is 0 Å². The summed E-state index contributed by atoms with van der Waals surface area (Å²) in [6, 6.07) is 0. The number of aliphatic hydroxyl groups is 3. The Labute approximate surface area is 182 Å². The smallest absolute Gasteiger partial charge is 0.306 e. The Bertz CT molecular complexity index is 915. The molecule has 0 aromatic heterocycles. The van der Waals surface area contributed by atoms with E-state index in [1.165, 1.54) is 6.92 Å². The van der Waals surface area contributed by atoms with Gasteiger partial charge in [-0.2, -0.15) is 0 Å². The molecule has 170 valence electrons. The van der Waals surface area contributed by atoms with E-state index in [0.29, 0.717) is 17.6 Å². The highest BCUT2D eigenvalue weighted by molar-refractivity contribution is 6.04. The van der Waals surface area contributed by atoms with Gasteiger partial charge in [0.25, 0.3) is 0 Å². The SMILES string of the molecule is CC(=O)CCC(=O)O[C@@]12CC[C@@]3(O)[C@@H](C=C(CO)C[C@]4(O)C(=O)C(C)=C[C@@H]34)[C@@H]1C2(C)C. The van der Waals surface area contributed by atoms with E-state index in [4.69, 9.17) is 4.74 Å². The van der Waals surface area contributed by atoms with Gasteiger partial charge in [-0.1, -0.05) is 26.0 Å². The summed E-state index contributed by atoms with van der Waals surface area (Å²) >= 11 is 0. The van der Waals surface area contributed by atoms with Gasteiger partial charge >= 0.3 is 5.97 Å². The lowest BCUT2D eigenvalue weighted by atomic mass is 9.64. The average Bonchev–Trinajstić information content (AvgIpc) is 3.11. The van der Waals surface area contributed by atoms with Crippen LogP contribution in [0.15, 0.2) is 23.3 Å². The second-order valence-corrected chi connectivity index (χ2v) is 10.5. The third kappa shape index (κ3) is 2.93. The summed E-state index contributed by atoms with van der Waals surface area (Å²) in [4.78, 5) is 36.6. The molecule has 0 bridgehead atoms. The first-order valence-corrected chi connectivity index (χ1v) is 11.0. The third-order valence-electron chi connectivity index (χ3n) is 8.43. The molecule has 31 heavy (non-hydrogen) atoms. The molecule has 0 aliphatic heterocycles. The molecule has 0 saturated heterocycles. The number of rotatable bonds is 5. The van der Waals surface area contributed by atoms with Crippen LogP contribution in [0.3, 0.4) is 0 Å². The van der Waals surface area contributed by atoms with Gasteiger partial charge in [0.2, 0.25) is 0 Å². The summed E-state index contributed by atoms with van der Waals surface area (Å²) in [5.74, 6) is -2.43. The first-order chi connectivity index (χ1) is 14.3. The fourth-order valence-corrected chi connectivity index (χ4v) is 6.76. The average molecular weight is 433 g/mol. The van der Waals surface area contributed by atoms with Crippen LogP contribution in [0.1, 0.15) is 59.8 Å². The molecule has 0 aromatic carbocycles. The minimum absolute atomic E-state index is 0.0192. The first-order valence-electron chi connectivity index (χ1n) is 11.0. The van der Waals surface area contributed by atoms with E-state index in [0.717, 1.165) is 0 Å². The van der Waals surface area contributed by atoms with Crippen LogP contribution in [0.2, 0.25) is 0 Å². The number of hydrogen-bond donors (Lipinski definition) is 3. The van der Waals surface area contributed by atoms with Gasteiger partial charge in [0.15, 0.2) is 5.78 Å². The summed E-state index contributed by atoms with van der Waals surface area (Å²) in [5, 5.41) is 33.2. The molecule has 4 aliphatic carbocycles. The lowest BCUT2D eigenvalue weighted by Crippen LogP contribution is -2.57. The minimum atomic E-state index is -1.78. The summed E-state index contributed by atoms with van der Waals surface area (Å²) in [7, 11) is 0. The van der Waals surface area contributed by atoms with E-state index in [1.807, 2.05) is 13.8 Å². The van der Waals surface area contributed by atoms with Crippen molar-refractivity contribution in [1.82, 2.24) is 0 Å². The number of ether oxygens (including phenoxy) is 1. The van der Waals surface area contributed by atoms with Crippen molar-refractivity contribution < 1.29 is 34.4 Å². The molecule has 6 atom stereocenters. The number of carbonyl (C=O) groups is 3. The van der Waals surface area contributed by atoms with Crippen molar-refractivity contribution in [2.45, 2.75) is 76.6 Å². The van der Waals surface area contributed by atoms with Gasteiger partial charge in [-0.15, -0.1) is 0 Å². The predicted molar refractivity (Wildman–Crippen MR) is 111 cm³/mol. The zero-order valence-corrected chi connectivity index (χ0v) is 18.6. The molecule has 0 heterocycles. The number of Topliss-reactive ketones (excluding diaryl/α,β-unsaturated/α-hetero) is 2. The van der Waals surface area contributed by atoms with Crippen molar-refractivity contribution in [2.24, 2.45) is 23.2 Å². The van der Waals surface area contributed by atoms with Crippen molar-refractivity contribution in [3.05, 3.63) is 23.3 Å². The topological polar surface area (TPSA) is 121 Å². The zero-order valence-electron chi connectivity index (χ0n) is 18.6. The number of esters is 1. The highest BCUT2D eigenvalue weighted by Gasteiger charge is 2.81. The number of aliphatic hydroxyl groups excluding tert-OH is 1. The Balaban J connectivity index is 1.71. The van der Waals surface area contributed by atoms with Crippen LogP contribution >= 0.6 is 0 Å². The van der Waals surface area contributed by atoms with Crippen molar-refractivity contribution in [2.75, 3.05) is 6.61 Å². The molecular weight excluding hydrogens is 400 g/mol. The lowest BCUT2D eigenvalue weighted by molar-refractivity contribution is -0.172. The number of hydrogen-bond acceptors (Lipinski definition) is 7. The monoisotopic (exact) mass is 432 g/mol. The molecule has 0 unspecified atom stereocenters. The maximum Gasteiger partial charge on any atom is 0.306 e. The van der Waals surface area contributed by atoms with Crippen LogP contribution in [-0.4, -0.2) is 56.3 Å². The third-order valence-corrected chi connectivity index (χ3v) is 8.43. The van der Waals surface area contributed by atoms with Crippen molar-refractivity contribution in [3.8, 4) is 0 Å². The fourth-order valence-electron chi connectivity index (χ4n) is 6.76. The molecule has 7 nitrogen and oxygen atoms in total. The summed E-state index contributed by atoms with van der Waals surface area (Å²) in [5.41, 5.74) is -3.47. The molecule has 0 aromatic rings. The first kappa shape index (κ1) is 22.4. The van der Waals surface area contributed by atoms with E-state index in [1.54, 1.807) is 19.1 Å². The van der Waals surface area contributed by atoms with Gasteiger partial charge in [0.05, 0.1) is 18.6 Å². The summed E-state index contributed by atoms with van der Waals surface area (Å²) in [6.45, 7) is 6.73. The van der Waals surface area contributed by atoms with Crippen LogP contribution in [0.25, 0.3) is 0 Å². The molecule has 2 fully saturated rings. The Hall–Kier alpha value is -1.83. The van der Waals surface area contributed by atoms with Crippen molar-refractivity contribution in [1.29, 1.82) is 0 Å². The zero-order chi connectivity index (χ0) is 23.0. The number of carbonyl (C=O) groups excluding carboxylic acids is 3. The molecule has 3 N–H and O–H groups in total. The number of ketones is 2. The molecule has 0 radical (unpaired) electrons. The highest BCUT2D eigenvalue weighted by atomic mass is 16.6. The van der Waals surface area contributed by atoms with E-state index < -0.39 is 45.8 Å². The van der Waals surface area contributed by atoms with Crippen LogP contribution in [0, 0.1) is 23.2 Å². The normalized spacial score (nSPS) is 42.4. The largest absolute Gasteiger partial charge is 0.458 e. The van der Waals surface area contributed by atoms with E-state index in [9.17, 15) is 29.7 Å². The predicted octanol–water partition coefficient (Wildman–Crippen LogP) is 1.63. The Morgan fingerprint density at radius 1 is 1.16 bits per heavy atom. The second kappa shape index (κ2) is 6.83. The van der Waals surface area contributed by atoms with E-state index in [-0.39, 0.29) is 44.0 Å². The van der Waals surface area contributed by atoms with Crippen LogP contribution in [0.5, 0.6) is 0 Å². The minimum Gasteiger partial charge on any atom is -0.458 e. The highest BCUT2D eigenvalue weighted by Crippen LogP contribution is 2.75. The molecule has 0 spiro atoms. The quantitative estimate of drug-likeness (QED) is 0.446. The maximum absolute atomic E-state index is 12.8. The Morgan fingerprint density at radius 2 is 1.84 bits per heavy atom. The maximum atomic E-state index is 12.8. The van der Waals surface area contributed by atoms with Gasteiger partial charge in [-0.3, -0.25) is 9.59 Å². The van der Waals surface area contributed by atoms with E-state index in [2.05, 4.69) is 0 Å². The molecule has 0 amide bonds. The number of fused-ring (bicyclic) bond motifs is 5. The summed E-state index contributed by atoms with van der Waals surface area (Å²) in [6.07, 6.45) is 4.23. The van der Waals surface area contributed by atoms with Crippen molar-refractivity contribution >= 4 is 17.5 Å². The van der Waals surface area contributed by atoms with Gasteiger partial charge in [-0.05, 0) is 37.8 Å². The van der Waals surface area contributed by atoms with Gasteiger partial charge in [0, 0.05) is 36.0 Å². The molecule has 4 rings (SSSR count). The fraction of sp³-hybridized carbons (Fsp3) is 0.708. The Kier molecular flexibility index (Phi) is 4.93. The standard InChI is InChI=1S/C24H32O7/c1-13-9-17-22(29)7-8-24(31-18(27)6-5-14(2)26)19(21(24,3)4)16(22)10-15(12-25)11-23(17,30)20(13)28/h9-10,16-17,19,25,29-30H,5-8,11-12H2,1-4H3/t16-,17-,19+,22+,23+,24-/m0/s1. The van der Waals surface area contributed by atoms with Crippen LogP contribution in [-0.2, 0) is 19.1 Å². The summed E-state index contributed by atoms with van der Waals surface area (Å²) < 4.78 is 5.96. The van der Waals surface area contributed by atoms with Gasteiger partial charge < -0.3 is 24.9 Å².